The van der Waals surface area contributed by atoms with Gasteiger partial charge in [0.2, 0.25) is 5.78 Å². The second-order valence-electron chi connectivity index (χ2n) is 9.73. The molecule has 2 aliphatic rings. The van der Waals surface area contributed by atoms with E-state index >= 15 is 0 Å². The molecule has 0 aliphatic carbocycles. The van der Waals surface area contributed by atoms with Crippen molar-refractivity contribution < 1.29 is 9.47 Å². The first-order valence-electron chi connectivity index (χ1n) is 13.3. The molecular formula is C26H33N11O3. The molecule has 14 heteroatoms. The SMILES string of the molecule is COCCOc1ccc(N2CCN(CCn3c(=O)n(C)n4c5c(nc34)N(N)CN=C5c3cnccn3)CC2)cc1. The number of methoxy groups -OCH3 is 1. The van der Waals surface area contributed by atoms with Gasteiger partial charge in [-0.25, -0.2) is 19.8 Å². The monoisotopic (exact) mass is 547 g/mol. The van der Waals surface area contributed by atoms with Crippen molar-refractivity contribution in [1.82, 2.24) is 33.6 Å². The van der Waals surface area contributed by atoms with Crippen LogP contribution in [0.25, 0.3) is 5.78 Å². The Morgan fingerprint density at radius 2 is 1.82 bits per heavy atom. The van der Waals surface area contributed by atoms with Crippen LogP contribution >= 0.6 is 0 Å². The van der Waals surface area contributed by atoms with E-state index in [1.165, 1.54) is 10.7 Å². The summed E-state index contributed by atoms with van der Waals surface area (Å²) in [5, 5.41) is 1.48. The Labute approximate surface area is 230 Å². The lowest BCUT2D eigenvalue weighted by molar-refractivity contribution is 0.146. The molecule has 1 saturated heterocycles. The molecule has 0 spiro atoms. The van der Waals surface area contributed by atoms with Crippen LogP contribution in [-0.2, 0) is 18.3 Å². The third-order valence-corrected chi connectivity index (χ3v) is 7.32. The number of nitrogens with two attached hydrogens (primary N) is 1. The number of nitrogens with zero attached hydrogens (tertiary/aromatic N) is 10. The van der Waals surface area contributed by atoms with Crippen molar-refractivity contribution >= 4 is 23.0 Å². The molecule has 0 saturated carbocycles. The molecule has 0 amide bonds. The fourth-order valence-electron chi connectivity index (χ4n) is 5.18. The number of aryl methyl sites for hydroxylation is 1. The highest BCUT2D eigenvalue weighted by molar-refractivity contribution is 6.14. The smallest absolute Gasteiger partial charge is 0.345 e. The Hall–Kier alpha value is -4.27. The molecule has 40 heavy (non-hydrogen) atoms. The van der Waals surface area contributed by atoms with Crippen molar-refractivity contribution in [3.8, 4) is 5.75 Å². The number of piperazine rings is 1. The molecule has 0 unspecified atom stereocenters. The summed E-state index contributed by atoms with van der Waals surface area (Å²) in [6.07, 6.45) is 4.87. The van der Waals surface area contributed by atoms with Gasteiger partial charge in [0.05, 0.1) is 12.8 Å². The summed E-state index contributed by atoms with van der Waals surface area (Å²) in [6.45, 7) is 6.18. The number of aromatic nitrogens is 6. The van der Waals surface area contributed by atoms with Gasteiger partial charge in [-0.3, -0.25) is 29.4 Å². The van der Waals surface area contributed by atoms with E-state index in [-0.39, 0.29) is 12.4 Å². The molecule has 2 N–H and O–H groups in total. The average molecular weight is 548 g/mol. The Kier molecular flexibility index (Phi) is 7.19. The van der Waals surface area contributed by atoms with Crippen LogP contribution in [0.4, 0.5) is 11.5 Å². The molecule has 5 heterocycles. The van der Waals surface area contributed by atoms with Crippen LogP contribution in [0.15, 0.2) is 52.6 Å². The van der Waals surface area contributed by atoms with Gasteiger partial charge in [-0.2, -0.15) is 4.98 Å². The number of hydrogen-bond acceptors (Lipinski definition) is 11. The molecule has 0 atom stereocenters. The molecule has 3 aromatic heterocycles. The van der Waals surface area contributed by atoms with E-state index < -0.39 is 0 Å². The Balaban J connectivity index is 1.14. The van der Waals surface area contributed by atoms with Crippen LogP contribution in [-0.4, -0.2) is 99.0 Å². The van der Waals surface area contributed by atoms with E-state index in [9.17, 15) is 4.79 Å². The van der Waals surface area contributed by atoms with E-state index in [4.69, 9.17) is 20.3 Å². The number of ether oxygens (including phenoxy) is 2. The first-order valence-corrected chi connectivity index (χ1v) is 13.3. The zero-order chi connectivity index (χ0) is 27.6. The Morgan fingerprint density at radius 3 is 2.55 bits per heavy atom. The molecule has 14 nitrogen and oxygen atoms in total. The Bertz CT molecular complexity index is 1550. The summed E-state index contributed by atoms with van der Waals surface area (Å²) >= 11 is 0. The largest absolute Gasteiger partial charge is 0.491 e. The summed E-state index contributed by atoms with van der Waals surface area (Å²) in [6, 6.07) is 8.18. The maximum absolute atomic E-state index is 13.3. The van der Waals surface area contributed by atoms with Gasteiger partial charge in [0.15, 0.2) is 5.82 Å². The number of imidazole rings is 1. The van der Waals surface area contributed by atoms with Gasteiger partial charge < -0.3 is 14.4 Å². The molecule has 1 aromatic carbocycles. The van der Waals surface area contributed by atoms with Gasteiger partial charge >= 0.3 is 5.69 Å². The van der Waals surface area contributed by atoms with Gasteiger partial charge in [0.1, 0.15) is 36.1 Å². The maximum Gasteiger partial charge on any atom is 0.345 e. The van der Waals surface area contributed by atoms with Crippen LogP contribution in [0.5, 0.6) is 5.75 Å². The van der Waals surface area contributed by atoms with Crippen LogP contribution in [0.2, 0.25) is 0 Å². The minimum atomic E-state index is -0.149. The first-order chi connectivity index (χ1) is 19.5. The quantitative estimate of drug-likeness (QED) is 0.225. The predicted molar refractivity (Wildman–Crippen MR) is 150 cm³/mol. The minimum Gasteiger partial charge on any atom is -0.491 e. The molecular weight excluding hydrogens is 514 g/mol. The molecule has 4 aromatic rings. The highest BCUT2D eigenvalue weighted by Gasteiger charge is 2.30. The first kappa shape index (κ1) is 26.0. The third kappa shape index (κ3) is 4.80. The van der Waals surface area contributed by atoms with Crippen molar-refractivity contribution in [3.63, 3.8) is 0 Å². The number of anilines is 2. The number of fused-ring (bicyclic) bond motifs is 3. The van der Waals surface area contributed by atoms with Crippen molar-refractivity contribution in [1.29, 1.82) is 0 Å². The Morgan fingerprint density at radius 1 is 1.02 bits per heavy atom. The summed E-state index contributed by atoms with van der Waals surface area (Å²) in [7, 11) is 3.39. The van der Waals surface area contributed by atoms with Crippen LogP contribution in [0, 0.1) is 0 Å². The third-order valence-electron chi connectivity index (χ3n) is 7.32. The zero-order valence-corrected chi connectivity index (χ0v) is 22.7. The predicted octanol–water partition coefficient (Wildman–Crippen LogP) is -0.0395. The van der Waals surface area contributed by atoms with E-state index in [1.807, 2.05) is 12.1 Å². The van der Waals surface area contributed by atoms with Crippen LogP contribution in [0.1, 0.15) is 11.4 Å². The maximum atomic E-state index is 13.3. The average Bonchev–Trinajstić information content (AvgIpc) is 3.49. The lowest BCUT2D eigenvalue weighted by atomic mass is 10.2. The number of rotatable bonds is 9. The highest BCUT2D eigenvalue weighted by Crippen LogP contribution is 2.26. The van der Waals surface area contributed by atoms with Crippen molar-refractivity contribution in [2.24, 2.45) is 17.9 Å². The van der Waals surface area contributed by atoms with Gasteiger partial charge in [0, 0.05) is 71.5 Å². The number of hydrazine groups is 1. The molecule has 210 valence electrons. The fraction of sp³-hybridized carbons (Fsp3) is 0.423. The van der Waals surface area contributed by atoms with Crippen molar-refractivity contribution in [2.45, 2.75) is 6.54 Å². The second-order valence-corrected chi connectivity index (χ2v) is 9.73. The zero-order valence-electron chi connectivity index (χ0n) is 22.7. The standard InChI is InChI=1S/C26H33N11O3/c1-32-26(38)35(25-31-24-23(37(25)32)22(30-18-36(24)27)21-17-28-7-8-29-21)14-11-33-9-12-34(13-10-33)19-3-5-20(6-4-19)40-16-15-39-2/h3-8,17H,9-16,18,27H2,1-2H3. The minimum absolute atomic E-state index is 0.149. The molecule has 2 aliphatic heterocycles. The number of benzene rings is 1. The molecule has 0 radical (unpaired) electrons. The summed E-state index contributed by atoms with van der Waals surface area (Å²) in [5.74, 6) is 8.15. The molecule has 1 fully saturated rings. The molecule has 6 rings (SSSR count). The van der Waals surface area contributed by atoms with Gasteiger partial charge in [-0.1, -0.05) is 0 Å². The van der Waals surface area contributed by atoms with E-state index in [0.29, 0.717) is 48.5 Å². The normalized spacial score (nSPS) is 15.9. The second kappa shape index (κ2) is 11.1. The number of aliphatic imine (C=N–C) groups is 1. The van der Waals surface area contributed by atoms with E-state index in [2.05, 4.69) is 36.9 Å². The fourth-order valence-corrected chi connectivity index (χ4v) is 5.18. The highest BCUT2D eigenvalue weighted by atomic mass is 16.5. The van der Waals surface area contributed by atoms with Crippen LogP contribution < -0.4 is 26.2 Å². The van der Waals surface area contributed by atoms with Crippen LogP contribution in [0.3, 0.4) is 0 Å². The van der Waals surface area contributed by atoms with Gasteiger partial charge in [-0.05, 0) is 24.3 Å². The summed E-state index contributed by atoms with van der Waals surface area (Å²) < 4.78 is 15.7. The number of hydrogen-bond donors (Lipinski definition) is 1. The van der Waals surface area contributed by atoms with E-state index in [1.54, 1.807) is 46.5 Å². The van der Waals surface area contributed by atoms with Crippen molar-refractivity contribution in [3.05, 3.63) is 64.7 Å². The lowest BCUT2D eigenvalue weighted by Gasteiger charge is -2.36. The summed E-state index contributed by atoms with van der Waals surface area (Å²) in [5.41, 5.74) is 2.87. The van der Waals surface area contributed by atoms with Crippen molar-refractivity contribution in [2.75, 3.05) is 69.6 Å². The van der Waals surface area contributed by atoms with Gasteiger partial charge in [0.25, 0.3) is 0 Å². The topological polar surface area (TPSA) is 137 Å². The summed E-state index contributed by atoms with van der Waals surface area (Å²) in [4.78, 5) is 36.0. The van der Waals surface area contributed by atoms with E-state index in [0.717, 1.165) is 38.5 Å². The van der Waals surface area contributed by atoms with Gasteiger partial charge in [-0.15, -0.1) is 0 Å². The lowest BCUT2D eigenvalue weighted by Crippen LogP contribution is -2.47. The molecule has 0 bridgehead atoms.